The predicted molar refractivity (Wildman–Crippen MR) is 74.7 cm³/mol. The number of hydrogen-bond acceptors (Lipinski definition) is 3. The van der Waals surface area contributed by atoms with Crippen LogP contribution < -0.4 is 5.32 Å². The largest absolute Gasteiger partial charge is 0.387 e. The van der Waals surface area contributed by atoms with Gasteiger partial charge in [-0.2, -0.15) is 0 Å². The van der Waals surface area contributed by atoms with Crippen molar-refractivity contribution >= 4 is 0 Å². The van der Waals surface area contributed by atoms with Crippen molar-refractivity contribution in [1.29, 1.82) is 0 Å². The van der Waals surface area contributed by atoms with Crippen LogP contribution in [0.1, 0.15) is 37.0 Å². The third kappa shape index (κ3) is 4.77. The molecule has 3 nitrogen and oxygen atoms in total. The van der Waals surface area contributed by atoms with Crippen LogP contribution in [0.4, 0.5) is 0 Å². The molecular weight excluding hydrogens is 226 g/mol. The molecule has 0 aromatic heterocycles. The second-order valence-corrected chi connectivity index (χ2v) is 4.67. The van der Waals surface area contributed by atoms with Gasteiger partial charge in [0.05, 0.1) is 6.10 Å². The molecule has 2 atom stereocenters. The maximum Gasteiger partial charge on any atom is 0.0942 e. The lowest BCUT2D eigenvalue weighted by atomic mass is 9.99. The second-order valence-electron chi connectivity index (χ2n) is 4.67. The summed E-state index contributed by atoms with van der Waals surface area (Å²) in [6.07, 6.45) is 1.42. The molecule has 2 unspecified atom stereocenters. The summed E-state index contributed by atoms with van der Waals surface area (Å²) in [7, 11) is 1.71. The van der Waals surface area contributed by atoms with E-state index in [2.05, 4.69) is 19.2 Å². The second kappa shape index (κ2) is 8.25. The Bertz CT molecular complexity index is 324. The lowest BCUT2D eigenvalue weighted by molar-refractivity contribution is 0.123. The Morgan fingerprint density at radius 3 is 2.50 bits per heavy atom. The number of nitrogens with one attached hydrogen (secondary N) is 1. The normalized spacial score (nSPS) is 14.4. The molecule has 18 heavy (non-hydrogen) atoms. The first-order valence-corrected chi connectivity index (χ1v) is 6.66. The van der Waals surface area contributed by atoms with Gasteiger partial charge >= 0.3 is 0 Å². The van der Waals surface area contributed by atoms with Crippen molar-refractivity contribution < 1.29 is 9.84 Å². The fourth-order valence-corrected chi connectivity index (χ4v) is 1.98. The molecule has 0 radical (unpaired) electrons. The summed E-state index contributed by atoms with van der Waals surface area (Å²) in [6, 6.07) is 8.18. The van der Waals surface area contributed by atoms with E-state index in [0.717, 1.165) is 31.6 Å². The minimum absolute atomic E-state index is 0.101. The zero-order valence-electron chi connectivity index (χ0n) is 11.6. The fraction of sp³-hybridized carbons (Fsp3) is 0.600. The van der Waals surface area contributed by atoms with Crippen molar-refractivity contribution in [3.63, 3.8) is 0 Å². The van der Waals surface area contributed by atoms with E-state index in [1.807, 2.05) is 24.3 Å². The SMILES string of the molecule is CCC(NCCCOC)C(O)c1ccc(C)cc1. The molecule has 0 aliphatic heterocycles. The van der Waals surface area contributed by atoms with E-state index in [4.69, 9.17) is 4.74 Å². The van der Waals surface area contributed by atoms with Crippen LogP contribution in [0.5, 0.6) is 0 Å². The van der Waals surface area contributed by atoms with Crippen LogP contribution in [0.3, 0.4) is 0 Å². The van der Waals surface area contributed by atoms with Gasteiger partial charge in [0.15, 0.2) is 0 Å². The number of rotatable bonds is 8. The summed E-state index contributed by atoms with van der Waals surface area (Å²) in [4.78, 5) is 0. The smallest absolute Gasteiger partial charge is 0.0942 e. The van der Waals surface area contributed by atoms with E-state index < -0.39 is 6.10 Å². The number of benzene rings is 1. The van der Waals surface area contributed by atoms with Crippen LogP contribution >= 0.6 is 0 Å². The first-order chi connectivity index (χ1) is 8.69. The monoisotopic (exact) mass is 251 g/mol. The average Bonchev–Trinajstić information content (AvgIpc) is 2.39. The van der Waals surface area contributed by atoms with Gasteiger partial charge in [-0.1, -0.05) is 36.8 Å². The lowest BCUT2D eigenvalue weighted by Gasteiger charge is -2.23. The van der Waals surface area contributed by atoms with Crippen LogP contribution in [0, 0.1) is 6.92 Å². The molecule has 2 N–H and O–H groups in total. The van der Waals surface area contributed by atoms with Gasteiger partial charge < -0.3 is 15.2 Å². The predicted octanol–water partition coefficient (Wildman–Crippen LogP) is 2.43. The first kappa shape index (κ1) is 15.2. The topological polar surface area (TPSA) is 41.5 Å². The van der Waals surface area contributed by atoms with E-state index in [1.165, 1.54) is 5.56 Å². The maximum absolute atomic E-state index is 10.3. The Morgan fingerprint density at radius 2 is 1.94 bits per heavy atom. The highest BCUT2D eigenvalue weighted by molar-refractivity contribution is 5.24. The summed E-state index contributed by atoms with van der Waals surface area (Å²) in [5.41, 5.74) is 2.19. The number of aryl methyl sites for hydroxylation is 1. The van der Waals surface area contributed by atoms with Crippen LogP contribution in [0.15, 0.2) is 24.3 Å². The van der Waals surface area contributed by atoms with Gasteiger partial charge in [0.25, 0.3) is 0 Å². The first-order valence-electron chi connectivity index (χ1n) is 6.66. The zero-order chi connectivity index (χ0) is 13.4. The van der Waals surface area contributed by atoms with Crippen LogP contribution in [0.2, 0.25) is 0 Å². The molecule has 0 amide bonds. The molecule has 1 rings (SSSR count). The number of aliphatic hydroxyl groups excluding tert-OH is 1. The van der Waals surface area contributed by atoms with Crippen LogP contribution in [-0.2, 0) is 4.74 Å². The Balaban J connectivity index is 2.50. The van der Waals surface area contributed by atoms with E-state index >= 15 is 0 Å². The minimum Gasteiger partial charge on any atom is -0.387 e. The van der Waals surface area contributed by atoms with Crippen molar-refractivity contribution in [3.8, 4) is 0 Å². The Hall–Kier alpha value is -0.900. The highest BCUT2D eigenvalue weighted by Gasteiger charge is 2.18. The molecule has 1 aromatic carbocycles. The number of methoxy groups -OCH3 is 1. The summed E-state index contributed by atoms with van der Waals surface area (Å²) in [5.74, 6) is 0. The summed E-state index contributed by atoms with van der Waals surface area (Å²) >= 11 is 0. The Kier molecular flexibility index (Phi) is 6.94. The highest BCUT2D eigenvalue weighted by Crippen LogP contribution is 2.19. The number of ether oxygens (including phenoxy) is 1. The van der Waals surface area contributed by atoms with Crippen molar-refractivity contribution in [3.05, 3.63) is 35.4 Å². The molecule has 102 valence electrons. The minimum atomic E-state index is -0.446. The van der Waals surface area contributed by atoms with E-state index in [1.54, 1.807) is 7.11 Å². The van der Waals surface area contributed by atoms with Crippen molar-refractivity contribution in [2.75, 3.05) is 20.3 Å². The van der Waals surface area contributed by atoms with Gasteiger partial charge in [-0.15, -0.1) is 0 Å². The quantitative estimate of drug-likeness (QED) is 0.697. The highest BCUT2D eigenvalue weighted by atomic mass is 16.5. The molecule has 0 saturated heterocycles. The van der Waals surface area contributed by atoms with Crippen molar-refractivity contribution in [1.82, 2.24) is 5.32 Å². The maximum atomic E-state index is 10.3. The Labute approximate surface area is 110 Å². The molecule has 0 spiro atoms. The average molecular weight is 251 g/mol. The molecule has 0 heterocycles. The van der Waals surface area contributed by atoms with E-state index in [-0.39, 0.29) is 6.04 Å². The van der Waals surface area contributed by atoms with E-state index in [9.17, 15) is 5.11 Å². The van der Waals surface area contributed by atoms with Crippen LogP contribution in [-0.4, -0.2) is 31.4 Å². The molecular formula is C15H25NO2. The lowest BCUT2D eigenvalue weighted by Crippen LogP contribution is -2.35. The van der Waals surface area contributed by atoms with Gasteiger partial charge in [-0.25, -0.2) is 0 Å². The third-order valence-electron chi connectivity index (χ3n) is 3.17. The molecule has 1 aromatic rings. The molecule has 0 aliphatic carbocycles. The van der Waals surface area contributed by atoms with Gasteiger partial charge in [0, 0.05) is 19.8 Å². The van der Waals surface area contributed by atoms with Crippen molar-refractivity contribution in [2.45, 2.75) is 38.8 Å². The molecule has 3 heteroatoms. The molecule has 0 fully saturated rings. The summed E-state index contributed by atoms with van der Waals surface area (Å²) in [5, 5.41) is 13.7. The van der Waals surface area contributed by atoms with Gasteiger partial charge in [0.1, 0.15) is 0 Å². The summed E-state index contributed by atoms with van der Waals surface area (Å²) in [6.45, 7) is 5.77. The van der Waals surface area contributed by atoms with Gasteiger partial charge in [-0.05, 0) is 31.9 Å². The van der Waals surface area contributed by atoms with E-state index in [0.29, 0.717) is 0 Å². The summed E-state index contributed by atoms with van der Waals surface area (Å²) < 4.78 is 5.01. The standard InChI is InChI=1S/C15H25NO2/c1-4-14(16-10-5-11-18-3)15(17)13-8-6-12(2)7-9-13/h6-9,14-17H,4-5,10-11H2,1-3H3. The number of aliphatic hydroxyl groups is 1. The zero-order valence-corrected chi connectivity index (χ0v) is 11.6. The van der Waals surface area contributed by atoms with Gasteiger partial charge in [-0.3, -0.25) is 0 Å². The van der Waals surface area contributed by atoms with Gasteiger partial charge in [0.2, 0.25) is 0 Å². The number of hydrogen-bond donors (Lipinski definition) is 2. The molecule has 0 bridgehead atoms. The van der Waals surface area contributed by atoms with Crippen LogP contribution in [0.25, 0.3) is 0 Å². The van der Waals surface area contributed by atoms with Crippen molar-refractivity contribution in [2.24, 2.45) is 0 Å². The molecule has 0 aliphatic rings. The fourth-order valence-electron chi connectivity index (χ4n) is 1.98. The Morgan fingerprint density at radius 1 is 1.28 bits per heavy atom. The molecule has 0 saturated carbocycles. The third-order valence-corrected chi connectivity index (χ3v) is 3.17.